The van der Waals surface area contributed by atoms with Gasteiger partial charge in [-0.05, 0) is 29.7 Å². The molecule has 0 fully saturated rings. The molecule has 20 heavy (non-hydrogen) atoms. The van der Waals surface area contributed by atoms with E-state index >= 15 is 0 Å². The van der Waals surface area contributed by atoms with Crippen molar-refractivity contribution in [2.45, 2.75) is 13.0 Å². The maximum Gasteiger partial charge on any atom is 0.0558 e. The molecule has 3 nitrogen and oxygen atoms in total. The lowest BCUT2D eigenvalue weighted by Gasteiger charge is -2.21. The van der Waals surface area contributed by atoms with Gasteiger partial charge in [0.1, 0.15) is 0 Å². The summed E-state index contributed by atoms with van der Waals surface area (Å²) in [6.45, 7) is 2.66. The van der Waals surface area contributed by atoms with E-state index in [4.69, 9.17) is 5.73 Å². The minimum absolute atomic E-state index is 0.184. The predicted octanol–water partition coefficient (Wildman–Crippen LogP) is 2.31. The minimum Gasteiger partial charge on any atom is -0.399 e. The third kappa shape index (κ3) is 4.68. The molecule has 2 aromatic carbocycles. The fourth-order valence-electron chi connectivity index (χ4n) is 2.22. The first kappa shape index (κ1) is 14.6. The first-order chi connectivity index (χ1) is 9.78. The predicted molar refractivity (Wildman–Crippen MR) is 83.4 cm³/mol. The van der Waals surface area contributed by atoms with Gasteiger partial charge >= 0.3 is 0 Å². The fraction of sp³-hybridized carbons (Fsp3) is 0.294. The zero-order valence-corrected chi connectivity index (χ0v) is 11.7. The molecule has 3 N–H and O–H groups in total. The Hall–Kier alpha value is -1.84. The Labute approximate surface area is 120 Å². The van der Waals surface area contributed by atoms with E-state index in [1.165, 1.54) is 11.1 Å². The molecule has 0 bridgehead atoms. The Balaban J connectivity index is 1.91. The van der Waals surface area contributed by atoms with Crippen LogP contribution in [0.5, 0.6) is 0 Å². The lowest BCUT2D eigenvalue weighted by molar-refractivity contribution is 0.191. The molecule has 0 aliphatic carbocycles. The number of nitrogen functional groups attached to an aromatic ring is 1. The summed E-state index contributed by atoms with van der Waals surface area (Å²) in [6, 6.07) is 18.4. The molecule has 0 heterocycles. The van der Waals surface area contributed by atoms with Crippen LogP contribution in [0.3, 0.4) is 0 Å². The molecular weight excluding hydrogens is 248 g/mol. The van der Waals surface area contributed by atoms with E-state index in [-0.39, 0.29) is 6.61 Å². The van der Waals surface area contributed by atoms with E-state index in [0.29, 0.717) is 6.54 Å². The number of nitrogens with zero attached hydrogens (tertiary/aromatic N) is 1. The molecule has 0 saturated heterocycles. The van der Waals surface area contributed by atoms with Crippen molar-refractivity contribution in [2.24, 2.45) is 0 Å². The van der Waals surface area contributed by atoms with Crippen LogP contribution in [0, 0.1) is 0 Å². The number of benzene rings is 2. The molecule has 0 unspecified atom stereocenters. The van der Waals surface area contributed by atoms with Crippen molar-refractivity contribution in [1.82, 2.24) is 4.90 Å². The van der Waals surface area contributed by atoms with Gasteiger partial charge < -0.3 is 10.8 Å². The highest BCUT2D eigenvalue weighted by molar-refractivity contribution is 5.39. The van der Waals surface area contributed by atoms with Crippen molar-refractivity contribution in [1.29, 1.82) is 0 Å². The van der Waals surface area contributed by atoms with E-state index < -0.39 is 0 Å². The summed E-state index contributed by atoms with van der Waals surface area (Å²) in [5, 5.41) is 9.19. The van der Waals surface area contributed by atoms with Crippen molar-refractivity contribution in [3.63, 3.8) is 0 Å². The Kier molecular flexibility index (Phi) is 5.59. The first-order valence-corrected chi connectivity index (χ1v) is 6.99. The third-order valence-electron chi connectivity index (χ3n) is 3.36. The zero-order valence-electron chi connectivity index (χ0n) is 11.7. The van der Waals surface area contributed by atoms with E-state index in [0.717, 1.165) is 25.2 Å². The molecule has 2 rings (SSSR count). The van der Waals surface area contributed by atoms with Crippen LogP contribution in [-0.2, 0) is 13.0 Å². The second-order valence-electron chi connectivity index (χ2n) is 4.98. The summed E-state index contributed by atoms with van der Waals surface area (Å²) in [7, 11) is 0. The normalized spacial score (nSPS) is 10.9. The highest BCUT2D eigenvalue weighted by atomic mass is 16.3. The van der Waals surface area contributed by atoms with Crippen LogP contribution in [0.15, 0.2) is 54.6 Å². The molecule has 0 aliphatic rings. The molecule has 0 saturated carbocycles. The minimum atomic E-state index is 0.184. The van der Waals surface area contributed by atoms with Gasteiger partial charge in [0, 0.05) is 25.3 Å². The van der Waals surface area contributed by atoms with Gasteiger partial charge in [-0.15, -0.1) is 0 Å². The summed E-state index contributed by atoms with van der Waals surface area (Å²) < 4.78 is 0. The van der Waals surface area contributed by atoms with E-state index in [2.05, 4.69) is 29.2 Å². The molecule has 0 spiro atoms. The van der Waals surface area contributed by atoms with Gasteiger partial charge in [-0.25, -0.2) is 0 Å². The number of anilines is 1. The molecule has 0 radical (unpaired) electrons. The molecule has 2 aromatic rings. The van der Waals surface area contributed by atoms with E-state index in [1.807, 2.05) is 30.3 Å². The molecule has 3 heteroatoms. The van der Waals surface area contributed by atoms with Crippen LogP contribution in [0.25, 0.3) is 0 Å². The van der Waals surface area contributed by atoms with Crippen LogP contribution < -0.4 is 5.73 Å². The maximum absolute atomic E-state index is 9.19. The monoisotopic (exact) mass is 270 g/mol. The largest absolute Gasteiger partial charge is 0.399 e. The summed E-state index contributed by atoms with van der Waals surface area (Å²) >= 11 is 0. The number of nitrogens with two attached hydrogens (primary N) is 1. The summed E-state index contributed by atoms with van der Waals surface area (Å²) in [4.78, 5) is 2.26. The SMILES string of the molecule is Nc1ccc(CN(CCO)CCc2ccccc2)cc1. The Morgan fingerprint density at radius 1 is 0.850 bits per heavy atom. The van der Waals surface area contributed by atoms with Gasteiger partial charge in [-0.2, -0.15) is 0 Å². The van der Waals surface area contributed by atoms with E-state index in [9.17, 15) is 5.11 Å². The average molecular weight is 270 g/mol. The second kappa shape index (κ2) is 7.68. The lowest BCUT2D eigenvalue weighted by Crippen LogP contribution is -2.28. The number of hydrogen-bond donors (Lipinski definition) is 2. The number of rotatable bonds is 7. The molecule has 0 atom stereocenters. The first-order valence-electron chi connectivity index (χ1n) is 6.99. The van der Waals surface area contributed by atoms with Gasteiger partial charge in [0.15, 0.2) is 0 Å². The molecule has 0 aliphatic heterocycles. The Bertz CT molecular complexity index is 496. The van der Waals surface area contributed by atoms with Crippen LogP contribution in [-0.4, -0.2) is 29.7 Å². The highest BCUT2D eigenvalue weighted by Crippen LogP contribution is 2.09. The summed E-state index contributed by atoms with van der Waals surface area (Å²) in [6.07, 6.45) is 0.996. The zero-order chi connectivity index (χ0) is 14.2. The second-order valence-corrected chi connectivity index (χ2v) is 4.98. The van der Waals surface area contributed by atoms with Crippen LogP contribution in [0.2, 0.25) is 0 Å². The maximum atomic E-state index is 9.19. The smallest absolute Gasteiger partial charge is 0.0558 e. The number of aliphatic hydroxyl groups is 1. The van der Waals surface area contributed by atoms with Crippen molar-refractivity contribution < 1.29 is 5.11 Å². The standard InChI is InChI=1S/C17H22N2O/c18-17-8-6-16(7-9-17)14-19(12-13-20)11-10-15-4-2-1-3-5-15/h1-9,20H,10-14,18H2. The third-order valence-corrected chi connectivity index (χ3v) is 3.36. The van der Waals surface area contributed by atoms with Gasteiger partial charge in [0.25, 0.3) is 0 Å². The van der Waals surface area contributed by atoms with Crippen molar-refractivity contribution in [3.8, 4) is 0 Å². The molecule has 0 aromatic heterocycles. The lowest BCUT2D eigenvalue weighted by atomic mass is 10.1. The van der Waals surface area contributed by atoms with Crippen molar-refractivity contribution in [2.75, 3.05) is 25.4 Å². The number of hydrogen-bond acceptors (Lipinski definition) is 3. The molecule has 106 valence electrons. The van der Waals surface area contributed by atoms with Crippen molar-refractivity contribution in [3.05, 3.63) is 65.7 Å². The van der Waals surface area contributed by atoms with Gasteiger partial charge in [-0.3, -0.25) is 4.90 Å². The molecule has 0 amide bonds. The summed E-state index contributed by atoms with van der Waals surface area (Å²) in [5.74, 6) is 0. The van der Waals surface area contributed by atoms with Crippen LogP contribution in [0.4, 0.5) is 5.69 Å². The average Bonchev–Trinajstić information content (AvgIpc) is 2.48. The Morgan fingerprint density at radius 3 is 2.20 bits per heavy atom. The van der Waals surface area contributed by atoms with Gasteiger partial charge in [0.05, 0.1) is 6.61 Å². The quantitative estimate of drug-likeness (QED) is 0.759. The van der Waals surface area contributed by atoms with Crippen LogP contribution >= 0.6 is 0 Å². The Morgan fingerprint density at radius 2 is 1.55 bits per heavy atom. The topological polar surface area (TPSA) is 49.5 Å². The van der Waals surface area contributed by atoms with Crippen LogP contribution in [0.1, 0.15) is 11.1 Å². The molecular formula is C17H22N2O. The van der Waals surface area contributed by atoms with Gasteiger partial charge in [-0.1, -0.05) is 42.5 Å². The van der Waals surface area contributed by atoms with E-state index in [1.54, 1.807) is 0 Å². The highest BCUT2D eigenvalue weighted by Gasteiger charge is 2.06. The van der Waals surface area contributed by atoms with Crippen molar-refractivity contribution >= 4 is 5.69 Å². The number of aliphatic hydroxyl groups excluding tert-OH is 1. The fourth-order valence-corrected chi connectivity index (χ4v) is 2.22. The summed E-state index contributed by atoms with van der Waals surface area (Å²) in [5.41, 5.74) is 9.03. The van der Waals surface area contributed by atoms with Gasteiger partial charge in [0.2, 0.25) is 0 Å².